The largest absolute Gasteiger partial charge is 0.466 e. The quantitative estimate of drug-likeness (QED) is 0.0320. The van der Waals surface area contributed by atoms with Gasteiger partial charge in [0.2, 0.25) is 5.91 Å². The number of esters is 1. The Balaban J connectivity index is 3.46. The summed E-state index contributed by atoms with van der Waals surface area (Å²) in [5.41, 5.74) is 0. The minimum atomic E-state index is -0.848. The van der Waals surface area contributed by atoms with Gasteiger partial charge in [-0.15, -0.1) is 0 Å². The molecule has 6 heteroatoms. The van der Waals surface area contributed by atoms with Crippen LogP contribution in [-0.4, -0.2) is 47.4 Å². The highest BCUT2D eigenvalue weighted by atomic mass is 16.5. The van der Waals surface area contributed by atoms with Crippen LogP contribution < -0.4 is 5.32 Å². The van der Waals surface area contributed by atoms with E-state index in [0.29, 0.717) is 19.4 Å². The molecule has 2 atom stereocenters. The van der Waals surface area contributed by atoms with E-state index in [1.165, 1.54) is 283 Å². The van der Waals surface area contributed by atoms with Gasteiger partial charge in [0.15, 0.2) is 0 Å². The molecule has 0 aromatic heterocycles. The molecule has 0 saturated heterocycles. The molecule has 0 aromatic rings. The summed E-state index contributed by atoms with van der Waals surface area (Å²) >= 11 is 0. The highest BCUT2D eigenvalue weighted by molar-refractivity contribution is 5.76. The van der Waals surface area contributed by atoms with Crippen LogP contribution in [0.2, 0.25) is 0 Å². The van der Waals surface area contributed by atoms with Gasteiger partial charge in [-0.3, -0.25) is 9.59 Å². The number of rotatable bonds is 63. The molecule has 0 spiro atoms. The summed E-state index contributed by atoms with van der Waals surface area (Å²) in [6, 6.07) is -0.632. The summed E-state index contributed by atoms with van der Waals surface area (Å²) in [4.78, 5) is 24.5. The van der Waals surface area contributed by atoms with Crippen LogP contribution in [0.1, 0.15) is 361 Å². The van der Waals surface area contributed by atoms with E-state index >= 15 is 0 Å². The molecule has 6 nitrogen and oxygen atoms in total. The van der Waals surface area contributed by atoms with Gasteiger partial charge in [-0.05, 0) is 83.5 Å². The van der Waals surface area contributed by atoms with Crippen molar-refractivity contribution in [3.63, 3.8) is 0 Å². The Kier molecular flexibility index (Phi) is 63.5. The number of amides is 1. The van der Waals surface area contributed by atoms with Crippen LogP contribution in [0, 0.1) is 0 Å². The first-order valence-electron chi connectivity index (χ1n) is 33.9. The number of carbonyl (C=O) groups is 2. The van der Waals surface area contributed by atoms with Crippen LogP contribution in [0.15, 0.2) is 48.6 Å². The van der Waals surface area contributed by atoms with Crippen molar-refractivity contribution in [3.8, 4) is 0 Å². The molecule has 0 aromatic carbocycles. The number of unbranched alkanes of at least 4 members (excludes halogenated alkanes) is 46. The number of carbonyl (C=O) groups excluding carboxylic acids is 2. The molecule has 446 valence electrons. The first kappa shape index (κ1) is 73.8. The molecular weight excluding hydrogens is 935 g/mol. The lowest BCUT2D eigenvalue weighted by Gasteiger charge is -2.20. The molecule has 0 aliphatic carbocycles. The van der Waals surface area contributed by atoms with Crippen LogP contribution in [0.25, 0.3) is 0 Å². The number of hydrogen-bond donors (Lipinski definition) is 3. The van der Waals surface area contributed by atoms with Crippen molar-refractivity contribution in [2.45, 2.75) is 373 Å². The third kappa shape index (κ3) is 61.0. The van der Waals surface area contributed by atoms with Crippen molar-refractivity contribution in [3.05, 3.63) is 48.6 Å². The fourth-order valence-corrected chi connectivity index (χ4v) is 10.4. The molecule has 0 aliphatic heterocycles. The van der Waals surface area contributed by atoms with Gasteiger partial charge in [-0.25, -0.2) is 0 Å². The highest BCUT2D eigenvalue weighted by Gasteiger charge is 2.18. The van der Waals surface area contributed by atoms with E-state index in [4.69, 9.17) is 4.74 Å². The van der Waals surface area contributed by atoms with E-state index in [0.717, 1.165) is 51.4 Å². The molecular formula is C70H131NO5. The molecule has 0 bridgehead atoms. The number of ether oxygens (including phenoxy) is 1. The number of aliphatic hydroxyl groups is 2. The van der Waals surface area contributed by atoms with E-state index < -0.39 is 12.1 Å². The van der Waals surface area contributed by atoms with Crippen molar-refractivity contribution >= 4 is 11.9 Å². The standard InChI is InChI=1S/C70H131NO5/c1-3-5-7-9-11-13-15-16-17-18-19-27-30-33-36-39-43-46-50-54-58-62-68(73)67(66-72)71-69(74)63-59-55-51-47-44-40-37-34-31-28-25-23-21-20-22-24-26-29-32-35-38-41-45-49-53-57-61-65-76-70(75)64-60-56-52-48-42-14-12-10-8-6-4-2/h10,12,20-21,24,26,58,62,67-68,72-73H,3-9,11,13-19,22-23,25,27-57,59-61,63-66H2,1-2H3,(H,71,74)/b12-10-,21-20-,26-24-,62-58+. The molecule has 1 amide bonds. The monoisotopic (exact) mass is 1070 g/mol. The van der Waals surface area contributed by atoms with Gasteiger partial charge < -0.3 is 20.3 Å². The lowest BCUT2D eigenvalue weighted by atomic mass is 10.0. The third-order valence-electron chi connectivity index (χ3n) is 15.6. The predicted octanol–water partition coefficient (Wildman–Crippen LogP) is 21.7. The van der Waals surface area contributed by atoms with Crippen molar-refractivity contribution < 1.29 is 24.5 Å². The first-order valence-corrected chi connectivity index (χ1v) is 33.9. The third-order valence-corrected chi connectivity index (χ3v) is 15.6. The minimum Gasteiger partial charge on any atom is -0.466 e. The Morgan fingerprint density at radius 1 is 0.368 bits per heavy atom. The Morgan fingerprint density at radius 2 is 0.671 bits per heavy atom. The van der Waals surface area contributed by atoms with Crippen LogP contribution in [0.4, 0.5) is 0 Å². The van der Waals surface area contributed by atoms with Crippen molar-refractivity contribution in [2.24, 2.45) is 0 Å². The lowest BCUT2D eigenvalue weighted by Crippen LogP contribution is -2.45. The number of aliphatic hydroxyl groups excluding tert-OH is 2. The summed E-state index contributed by atoms with van der Waals surface area (Å²) in [5, 5.41) is 23.2. The maximum Gasteiger partial charge on any atom is 0.305 e. The van der Waals surface area contributed by atoms with Gasteiger partial charge in [-0.1, -0.05) is 313 Å². The molecule has 0 saturated carbocycles. The van der Waals surface area contributed by atoms with Crippen molar-refractivity contribution in [1.82, 2.24) is 5.32 Å². The second kappa shape index (κ2) is 65.3. The Hall–Kier alpha value is -2.18. The van der Waals surface area contributed by atoms with Gasteiger partial charge in [0, 0.05) is 12.8 Å². The van der Waals surface area contributed by atoms with E-state index in [9.17, 15) is 19.8 Å². The number of nitrogens with one attached hydrogen (secondary N) is 1. The predicted molar refractivity (Wildman–Crippen MR) is 333 cm³/mol. The SMILES string of the molecule is CCCC/C=C\CCCCCCCC(=O)OCCCCCCCCCCC/C=C\C/C=C\CCCCCCCCCCCCCC(=O)NC(CO)C(O)/C=C/CCCCCCCCCCCCCCCCCCCCC. The average molecular weight is 1070 g/mol. The minimum absolute atomic E-state index is 0.000947. The summed E-state index contributed by atoms with van der Waals surface area (Å²) in [7, 11) is 0. The summed E-state index contributed by atoms with van der Waals surface area (Å²) < 4.78 is 5.46. The summed E-state index contributed by atoms with van der Waals surface area (Å²) in [6.45, 7) is 4.88. The van der Waals surface area contributed by atoms with Crippen LogP contribution in [-0.2, 0) is 14.3 Å². The molecule has 2 unspecified atom stereocenters. The fourth-order valence-electron chi connectivity index (χ4n) is 10.4. The molecule has 0 rings (SSSR count). The highest BCUT2D eigenvalue weighted by Crippen LogP contribution is 2.18. The van der Waals surface area contributed by atoms with E-state index in [2.05, 4.69) is 55.6 Å². The first-order chi connectivity index (χ1) is 37.5. The van der Waals surface area contributed by atoms with Gasteiger partial charge in [0.05, 0.1) is 25.4 Å². The zero-order valence-corrected chi connectivity index (χ0v) is 51.0. The normalized spacial score (nSPS) is 12.8. The van der Waals surface area contributed by atoms with Crippen LogP contribution in [0.5, 0.6) is 0 Å². The van der Waals surface area contributed by atoms with Crippen LogP contribution >= 0.6 is 0 Å². The maximum atomic E-state index is 12.5. The average Bonchev–Trinajstić information content (AvgIpc) is 3.42. The second-order valence-electron chi connectivity index (χ2n) is 23.1. The van der Waals surface area contributed by atoms with E-state index in [1.807, 2.05) is 6.08 Å². The molecule has 3 N–H and O–H groups in total. The zero-order chi connectivity index (χ0) is 55.0. The molecule has 0 fully saturated rings. The Bertz CT molecular complexity index is 1270. The van der Waals surface area contributed by atoms with Gasteiger partial charge in [0.1, 0.15) is 0 Å². The zero-order valence-electron chi connectivity index (χ0n) is 51.0. The Labute approximate surface area is 474 Å². The van der Waals surface area contributed by atoms with E-state index in [-0.39, 0.29) is 18.5 Å². The van der Waals surface area contributed by atoms with Gasteiger partial charge in [0.25, 0.3) is 0 Å². The number of hydrogen-bond acceptors (Lipinski definition) is 5. The smallest absolute Gasteiger partial charge is 0.305 e. The summed E-state index contributed by atoms with van der Waals surface area (Å²) in [5.74, 6) is -0.0693. The van der Waals surface area contributed by atoms with Crippen molar-refractivity contribution in [2.75, 3.05) is 13.2 Å². The topological polar surface area (TPSA) is 95.9 Å². The van der Waals surface area contributed by atoms with Gasteiger partial charge >= 0.3 is 5.97 Å². The molecule has 0 aliphatic rings. The van der Waals surface area contributed by atoms with Crippen molar-refractivity contribution in [1.29, 1.82) is 0 Å². The van der Waals surface area contributed by atoms with Crippen LogP contribution in [0.3, 0.4) is 0 Å². The molecule has 0 heterocycles. The second-order valence-corrected chi connectivity index (χ2v) is 23.1. The maximum absolute atomic E-state index is 12.5. The lowest BCUT2D eigenvalue weighted by molar-refractivity contribution is -0.143. The van der Waals surface area contributed by atoms with E-state index in [1.54, 1.807) is 6.08 Å². The van der Waals surface area contributed by atoms with Gasteiger partial charge in [-0.2, -0.15) is 0 Å². The number of allylic oxidation sites excluding steroid dienone is 7. The molecule has 0 radical (unpaired) electrons. The molecule has 76 heavy (non-hydrogen) atoms. The Morgan fingerprint density at radius 3 is 1.05 bits per heavy atom. The fraction of sp³-hybridized carbons (Fsp3) is 0.857. The summed E-state index contributed by atoms with van der Waals surface area (Å²) in [6.07, 6.45) is 84.6.